The molecular formula is C13H13FN8O2. The van der Waals surface area contributed by atoms with Gasteiger partial charge in [-0.3, -0.25) is 4.79 Å². The molecule has 2 rings (SSSR count). The maximum atomic E-state index is 13.1. The topological polar surface area (TPSA) is 171 Å². The number of amidine groups is 1. The number of anilines is 1. The van der Waals surface area contributed by atoms with E-state index in [4.69, 9.17) is 17.2 Å². The Morgan fingerprint density at radius 3 is 2.67 bits per heavy atom. The summed E-state index contributed by atoms with van der Waals surface area (Å²) in [4.78, 5) is 22.0. The lowest BCUT2D eigenvalue weighted by molar-refractivity contribution is 0.0958. The van der Waals surface area contributed by atoms with Crippen molar-refractivity contribution in [3.63, 3.8) is 0 Å². The first-order valence-corrected chi connectivity index (χ1v) is 6.39. The van der Waals surface area contributed by atoms with Gasteiger partial charge in [-0.25, -0.2) is 4.39 Å². The molecule has 0 bridgehead atoms. The molecular weight excluding hydrogens is 319 g/mol. The first-order valence-electron chi connectivity index (χ1n) is 6.39. The maximum Gasteiger partial charge on any atom is 0.316 e. The number of carbonyl (C=O) groups excluding carboxylic acids is 1. The van der Waals surface area contributed by atoms with Gasteiger partial charge in [0.25, 0.3) is 0 Å². The van der Waals surface area contributed by atoms with E-state index in [2.05, 4.69) is 36.5 Å². The Labute approximate surface area is 134 Å². The third-order valence-corrected chi connectivity index (χ3v) is 2.46. The molecule has 11 heteroatoms. The predicted octanol–water partition coefficient (Wildman–Crippen LogP) is -0.0891. The van der Waals surface area contributed by atoms with Crippen molar-refractivity contribution in [2.24, 2.45) is 27.2 Å². The molecule has 24 heavy (non-hydrogen) atoms. The lowest BCUT2D eigenvalue weighted by Crippen LogP contribution is -2.21. The van der Waals surface area contributed by atoms with Crippen LogP contribution in [0.15, 0.2) is 51.2 Å². The second-order valence-electron chi connectivity index (χ2n) is 4.34. The minimum Gasteiger partial charge on any atom is -0.380 e. The molecule has 0 aliphatic carbocycles. The van der Waals surface area contributed by atoms with Crippen LogP contribution in [0.1, 0.15) is 16.5 Å². The summed E-state index contributed by atoms with van der Waals surface area (Å²) >= 11 is 0. The number of nitrogens with one attached hydrogen (secondary N) is 1. The zero-order valence-corrected chi connectivity index (χ0v) is 12.2. The molecule has 1 amide bonds. The average Bonchev–Trinajstić information content (AvgIpc) is 2.96. The van der Waals surface area contributed by atoms with Gasteiger partial charge in [0.2, 0.25) is 11.8 Å². The lowest BCUT2D eigenvalue weighted by Gasteiger charge is -2.05. The van der Waals surface area contributed by atoms with Crippen molar-refractivity contribution in [3.05, 3.63) is 54.2 Å². The van der Waals surface area contributed by atoms with Gasteiger partial charge < -0.3 is 27.0 Å². The Bertz CT molecular complexity index is 842. The summed E-state index contributed by atoms with van der Waals surface area (Å²) in [7, 11) is 0. The highest BCUT2D eigenvalue weighted by Gasteiger charge is 2.14. The average molecular weight is 332 g/mol. The summed E-state index contributed by atoms with van der Waals surface area (Å²) < 4.78 is 17.6. The van der Waals surface area contributed by atoms with Crippen LogP contribution in [0.4, 0.5) is 10.1 Å². The van der Waals surface area contributed by atoms with Gasteiger partial charge in [-0.1, -0.05) is 17.8 Å². The number of aromatic nitrogens is 2. The molecule has 10 nitrogen and oxygen atoms in total. The van der Waals surface area contributed by atoms with E-state index in [0.29, 0.717) is 5.69 Å². The highest BCUT2D eigenvalue weighted by molar-refractivity contribution is 6.02. The molecule has 1 aromatic heterocycles. The molecule has 0 aliphatic heterocycles. The van der Waals surface area contributed by atoms with Crippen molar-refractivity contribution in [2.45, 2.75) is 0 Å². The third kappa shape index (κ3) is 4.37. The van der Waals surface area contributed by atoms with Crippen LogP contribution in [0.3, 0.4) is 0 Å². The zero-order chi connectivity index (χ0) is 17.7. The van der Waals surface area contributed by atoms with Crippen LogP contribution in [0.2, 0.25) is 0 Å². The van der Waals surface area contributed by atoms with E-state index in [1.165, 1.54) is 18.2 Å². The molecule has 1 heterocycles. The number of nitrogens with zero attached hydrogens (tertiary/aromatic N) is 4. The minimum absolute atomic E-state index is 0.0978. The molecule has 124 valence electrons. The third-order valence-electron chi connectivity index (χ3n) is 2.46. The second-order valence-corrected chi connectivity index (χ2v) is 4.34. The van der Waals surface area contributed by atoms with Crippen molar-refractivity contribution >= 4 is 23.4 Å². The summed E-state index contributed by atoms with van der Waals surface area (Å²) in [6, 6.07) is 5.67. The number of nitrogens with two attached hydrogens (primary N) is 3. The first kappa shape index (κ1) is 16.6. The molecule has 0 saturated carbocycles. The lowest BCUT2D eigenvalue weighted by atomic mass is 10.3. The van der Waals surface area contributed by atoms with Gasteiger partial charge in [-0.15, -0.1) is 0 Å². The van der Waals surface area contributed by atoms with Crippen molar-refractivity contribution < 1.29 is 13.7 Å². The zero-order valence-electron chi connectivity index (χ0n) is 12.2. The van der Waals surface area contributed by atoms with Gasteiger partial charge in [0.05, 0.1) is 0 Å². The largest absolute Gasteiger partial charge is 0.380 e. The van der Waals surface area contributed by atoms with Crippen LogP contribution in [0.25, 0.3) is 0 Å². The summed E-state index contributed by atoms with van der Waals surface area (Å²) in [6.45, 7) is 3.60. The van der Waals surface area contributed by atoms with E-state index in [9.17, 15) is 9.18 Å². The van der Waals surface area contributed by atoms with Gasteiger partial charge in [-0.2, -0.15) is 15.0 Å². The van der Waals surface area contributed by atoms with Crippen molar-refractivity contribution in [1.82, 2.24) is 10.1 Å². The van der Waals surface area contributed by atoms with E-state index in [1.54, 1.807) is 6.07 Å². The Morgan fingerprint density at radius 2 is 2.04 bits per heavy atom. The monoisotopic (exact) mass is 332 g/mol. The van der Waals surface area contributed by atoms with Crippen LogP contribution < -0.4 is 22.5 Å². The summed E-state index contributed by atoms with van der Waals surface area (Å²) in [5.74, 6) is -2.34. The molecule has 2 aromatic rings. The van der Waals surface area contributed by atoms with E-state index in [1.807, 2.05) is 0 Å². The van der Waals surface area contributed by atoms with Crippen LogP contribution in [-0.2, 0) is 0 Å². The number of aliphatic imine (C=N–C) groups is 2. The summed E-state index contributed by atoms with van der Waals surface area (Å²) in [5, 5.41) is 6.14. The van der Waals surface area contributed by atoms with Crippen molar-refractivity contribution in [2.75, 3.05) is 5.32 Å². The molecule has 0 aliphatic rings. The molecule has 0 unspecified atom stereocenters. The number of amides is 1. The summed E-state index contributed by atoms with van der Waals surface area (Å²) in [5.41, 5.74) is 16.6. The summed E-state index contributed by atoms with van der Waals surface area (Å²) in [6.07, 6.45) is 0. The van der Waals surface area contributed by atoms with Crippen LogP contribution in [0, 0.1) is 5.82 Å². The van der Waals surface area contributed by atoms with Crippen molar-refractivity contribution in [1.29, 1.82) is 0 Å². The van der Waals surface area contributed by atoms with Gasteiger partial charge in [0.1, 0.15) is 11.6 Å². The quantitative estimate of drug-likeness (QED) is 0.437. The standard InChI is InChI=1S/C13H13FN8O2/c1-6(18-8-4-2-3-7(14)5-8)19-13(17)20-9(15)11-21-12(10(16)23)24-22-11/h2-5,18H,1H2,(H2,16,23)(H4,15,17,19,20). The van der Waals surface area contributed by atoms with Crippen molar-refractivity contribution in [3.8, 4) is 0 Å². The fraction of sp³-hybridized carbons (Fsp3) is 0. The van der Waals surface area contributed by atoms with Gasteiger partial charge >= 0.3 is 11.8 Å². The Hall–Kier alpha value is -3.76. The predicted molar refractivity (Wildman–Crippen MR) is 84.3 cm³/mol. The maximum absolute atomic E-state index is 13.1. The molecule has 1 aromatic carbocycles. The molecule has 0 radical (unpaired) electrons. The highest BCUT2D eigenvalue weighted by Crippen LogP contribution is 2.11. The number of guanidine groups is 1. The van der Waals surface area contributed by atoms with Gasteiger partial charge in [-0.05, 0) is 18.2 Å². The van der Waals surface area contributed by atoms with E-state index >= 15 is 0 Å². The van der Waals surface area contributed by atoms with E-state index < -0.39 is 17.6 Å². The Kier molecular flexibility index (Phi) is 4.84. The van der Waals surface area contributed by atoms with Crippen LogP contribution in [0.5, 0.6) is 0 Å². The van der Waals surface area contributed by atoms with E-state index in [-0.39, 0.29) is 23.4 Å². The number of benzene rings is 1. The van der Waals surface area contributed by atoms with Gasteiger partial charge in [0, 0.05) is 5.69 Å². The van der Waals surface area contributed by atoms with Crippen LogP contribution >= 0.6 is 0 Å². The minimum atomic E-state index is -0.907. The Morgan fingerprint density at radius 1 is 1.29 bits per heavy atom. The number of hydrogen-bond acceptors (Lipinski definition) is 6. The number of hydrogen-bond donors (Lipinski definition) is 4. The number of halogens is 1. The molecule has 7 N–H and O–H groups in total. The molecule has 0 atom stereocenters. The van der Waals surface area contributed by atoms with Crippen LogP contribution in [-0.4, -0.2) is 27.8 Å². The Balaban J connectivity index is 2.08. The van der Waals surface area contributed by atoms with Gasteiger partial charge in [0.15, 0.2) is 5.84 Å². The molecule has 0 spiro atoms. The number of primary amides is 1. The first-order chi connectivity index (χ1) is 11.3. The normalized spacial score (nSPS) is 12.0. The highest BCUT2D eigenvalue weighted by atomic mass is 19.1. The number of rotatable bonds is 5. The molecule has 0 fully saturated rings. The fourth-order valence-corrected chi connectivity index (χ4v) is 1.53. The smallest absolute Gasteiger partial charge is 0.316 e. The second kappa shape index (κ2) is 7.00. The fourth-order valence-electron chi connectivity index (χ4n) is 1.53. The van der Waals surface area contributed by atoms with E-state index in [0.717, 1.165) is 0 Å². The SMILES string of the molecule is C=C(/N=C(N)\N=C(/N)c1noc(C(N)=O)n1)Nc1cccc(F)c1. The molecule has 0 saturated heterocycles. The number of carbonyl (C=O) groups is 1.